The zero-order valence-electron chi connectivity index (χ0n) is 21.7. The first-order valence-corrected chi connectivity index (χ1v) is 12.0. The molecule has 0 saturated carbocycles. The summed E-state index contributed by atoms with van der Waals surface area (Å²) in [5, 5.41) is 0. The molecule has 206 valence electrons. The molecule has 2 aromatic rings. The highest BCUT2D eigenvalue weighted by atomic mass is 16.7. The molecule has 4 rings (SSSR count). The minimum absolute atomic E-state index is 0.137. The molecule has 2 aromatic carbocycles. The number of imide groups is 1. The number of benzene rings is 2. The topological polar surface area (TPSA) is 144 Å². The average molecular weight is 542 g/mol. The zero-order valence-corrected chi connectivity index (χ0v) is 21.7. The van der Waals surface area contributed by atoms with E-state index in [2.05, 4.69) is 0 Å². The summed E-state index contributed by atoms with van der Waals surface area (Å²) in [6.45, 7) is 3.04. The van der Waals surface area contributed by atoms with E-state index in [1.54, 1.807) is 36.4 Å². The van der Waals surface area contributed by atoms with Gasteiger partial charge in [-0.3, -0.25) is 28.9 Å². The van der Waals surface area contributed by atoms with Crippen LogP contribution in [0.15, 0.2) is 48.5 Å². The number of methoxy groups -OCH3 is 1. The maximum atomic E-state index is 13.5. The Balaban J connectivity index is 1.81. The van der Waals surface area contributed by atoms with Crippen molar-refractivity contribution in [2.24, 2.45) is 0 Å². The molecule has 1 fully saturated rings. The van der Waals surface area contributed by atoms with Gasteiger partial charge >= 0.3 is 17.9 Å². The monoisotopic (exact) mass is 541 g/mol. The van der Waals surface area contributed by atoms with Crippen LogP contribution in [0.1, 0.15) is 41.5 Å². The lowest BCUT2D eigenvalue weighted by atomic mass is 9.94. The molecule has 2 heterocycles. The van der Waals surface area contributed by atoms with Gasteiger partial charge in [-0.1, -0.05) is 12.1 Å². The van der Waals surface area contributed by atoms with Gasteiger partial charge in [-0.05, 0) is 36.4 Å². The number of carbonyl (C=O) groups excluding carboxylic acids is 5. The summed E-state index contributed by atoms with van der Waals surface area (Å²) >= 11 is 0. The van der Waals surface area contributed by atoms with Gasteiger partial charge in [0.2, 0.25) is 6.29 Å². The van der Waals surface area contributed by atoms with E-state index in [1.807, 2.05) is 0 Å². The summed E-state index contributed by atoms with van der Waals surface area (Å²) in [6, 6.07) is 11.2. The summed E-state index contributed by atoms with van der Waals surface area (Å²) < 4.78 is 33.5. The standard InChI is InChI=1S/C27H27NO11/c1-14(29)35-13-21-23(36-15(2)30)24(37-16(3)31)22(27(39-21)38-18-11-9-17(34-4)10-12-18)28-25(32)19-7-5-6-8-20(19)26(28)33/h5-12,21-24,27H,13H2,1-4H3. The molecule has 2 aliphatic rings. The Morgan fingerprint density at radius 2 is 1.33 bits per heavy atom. The van der Waals surface area contributed by atoms with Crippen LogP contribution in [0.25, 0.3) is 0 Å². The maximum absolute atomic E-state index is 13.5. The van der Waals surface area contributed by atoms with Crippen molar-refractivity contribution in [1.29, 1.82) is 0 Å². The fourth-order valence-corrected chi connectivity index (χ4v) is 4.52. The van der Waals surface area contributed by atoms with E-state index in [0.717, 1.165) is 18.7 Å². The van der Waals surface area contributed by atoms with Crippen LogP contribution < -0.4 is 9.47 Å². The number of nitrogens with zero attached hydrogens (tertiary/aromatic N) is 1. The molecule has 2 aliphatic heterocycles. The third-order valence-corrected chi connectivity index (χ3v) is 6.10. The predicted octanol–water partition coefficient (Wildman–Crippen LogP) is 1.89. The molecular weight excluding hydrogens is 514 g/mol. The number of rotatable bonds is 8. The van der Waals surface area contributed by atoms with E-state index in [1.165, 1.54) is 26.2 Å². The van der Waals surface area contributed by atoms with Crippen molar-refractivity contribution in [1.82, 2.24) is 4.90 Å². The largest absolute Gasteiger partial charge is 0.497 e. The van der Waals surface area contributed by atoms with Crippen molar-refractivity contribution in [3.05, 3.63) is 59.7 Å². The van der Waals surface area contributed by atoms with Crippen LogP contribution in [0, 0.1) is 0 Å². The molecule has 0 radical (unpaired) electrons. The van der Waals surface area contributed by atoms with Gasteiger partial charge in [-0.2, -0.15) is 0 Å². The Morgan fingerprint density at radius 3 is 1.85 bits per heavy atom. The highest BCUT2D eigenvalue weighted by Gasteiger charge is 2.57. The van der Waals surface area contributed by atoms with Crippen molar-refractivity contribution in [2.45, 2.75) is 51.4 Å². The summed E-state index contributed by atoms with van der Waals surface area (Å²) in [4.78, 5) is 63.8. The van der Waals surface area contributed by atoms with Crippen molar-refractivity contribution in [3.8, 4) is 11.5 Å². The molecule has 12 nitrogen and oxygen atoms in total. The number of esters is 3. The van der Waals surface area contributed by atoms with Gasteiger partial charge in [0, 0.05) is 20.8 Å². The molecular formula is C27H27NO11. The van der Waals surface area contributed by atoms with Gasteiger partial charge < -0.3 is 28.4 Å². The lowest BCUT2D eigenvalue weighted by molar-refractivity contribution is -0.265. The zero-order chi connectivity index (χ0) is 28.3. The Bertz CT molecular complexity index is 1240. The maximum Gasteiger partial charge on any atom is 0.303 e. The van der Waals surface area contributed by atoms with Crippen LogP contribution in [0.3, 0.4) is 0 Å². The Morgan fingerprint density at radius 1 is 0.795 bits per heavy atom. The molecule has 39 heavy (non-hydrogen) atoms. The van der Waals surface area contributed by atoms with E-state index in [0.29, 0.717) is 5.75 Å². The van der Waals surface area contributed by atoms with Gasteiger partial charge in [0.05, 0.1) is 18.2 Å². The molecule has 0 bridgehead atoms. The molecule has 5 unspecified atom stereocenters. The molecule has 12 heteroatoms. The van der Waals surface area contributed by atoms with Crippen LogP contribution in [0.5, 0.6) is 11.5 Å². The van der Waals surface area contributed by atoms with Crippen molar-refractivity contribution in [2.75, 3.05) is 13.7 Å². The van der Waals surface area contributed by atoms with Crippen molar-refractivity contribution >= 4 is 29.7 Å². The highest BCUT2D eigenvalue weighted by Crippen LogP contribution is 2.36. The number of hydrogen-bond donors (Lipinski definition) is 0. The van der Waals surface area contributed by atoms with Crippen LogP contribution in [0.2, 0.25) is 0 Å². The van der Waals surface area contributed by atoms with Crippen LogP contribution in [-0.2, 0) is 33.3 Å². The van der Waals surface area contributed by atoms with Crippen molar-refractivity contribution < 1.29 is 52.4 Å². The molecule has 2 amide bonds. The summed E-state index contributed by atoms with van der Waals surface area (Å²) in [5.41, 5.74) is 0.275. The molecule has 0 aromatic heterocycles. The van der Waals surface area contributed by atoms with Gasteiger partial charge in [-0.15, -0.1) is 0 Å². The van der Waals surface area contributed by atoms with Crippen LogP contribution in [-0.4, -0.2) is 79.0 Å². The molecule has 0 N–H and O–H groups in total. The van der Waals surface area contributed by atoms with E-state index in [-0.39, 0.29) is 16.9 Å². The van der Waals surface area contributed by atoms with E-state index >= 15 is 0 Å². The number of carbonyl (C=O) groups is 5. The van der Waals surface area contributed by atoms with E-state index < -0.39 is 67.0 Å². The second kappa shape index (κ2) is 11.5. The van der Waals surface area contributed by atoms with Gasteiger partial charge in [-0.25, -0.2) is 0 Å². The lowest BCUT2D eigenvalue weighted by Gasteiger charge is -2.46. The van der Waals surface area contributed by atoms with Crippen LogP contribution in [0.4, 0.5) is 0 Å². The number of ether oxygens (including phenoxy) is 6. The fraction of sp³-hybridized carbons (Fsp3) is 0.370. The molecule has 0 spiro atoms. The molecule has 0 aliphatic carbocycles. The molecule has 1 saturated heterocycles. The first-order valence-electron chi connectivity index (χ1n) is 12.0. The first-order chi connectivity index (χ1) is 18.6. The van der Waals surface area contributed by atoms with Crippen LogP contribution >= 0.6 is 0 Å². The van der Waals surface area contributed by atoms with Crippen molar-refractivity contribution in [3.63, 3.8) is 0 Å². The smallest absolute Gasteiger partial charge is 0.303 e. The Kier molecular flexibility index (Phi) is 8.15. The fourth-order valence-electron chi connectivity index (χ4n) is 4.52. The average Bonchev–Trinajstić information content (AvgIpc) is 3.14. The normalized spacial score (nSPS) is 24.0. The van der Waals surface area contributed by atoms with E-state index in [9.17, 15) is 24.0 Å². The van der Waals surface area contributed by atoms with Gasteiger partial charge in [0.15, 0.2) is 12.2 Å². The summed E-state index contributed by atoms with van der Waals surface area (Å²) in [7, 11) is 1.50. The van der Waals surface area contributed by atoms with Gasteiger partial charge in [0.25, 0.3) is 11.8 Å². The predicted molar refractivity (Wildman–Crippen MR) is 131 cm³/mol. The Hall–Kier alpha value is -4.45. The molecule has 5 atom stereocenters. The first kappa shape index (κ1) is 27.6. The third kappa shape index (κ3) is 5.85. The summed E-state index contributed by atoms with van der Waals surface area (Å²) in [6.07, 6.45) is -5.42. The number of fused-ring (bicyclic) bond motifs is 1. The second-order valence-electron chi connectivity index (χ2n) is 8.80. The van der Waals surface area contributed by atoms with E-state index in [4.69, 9.17) is 28.4 Å². The Labute approximate surface area is 223 Å². The highest BCUT2D eigenvalue weighted by molar-refractivity contribution is 6.21. The third-order valence-electron chi connectivity index (χ3n) is 6.10. The number of hydrogen-bond acceptors (Lipinski definition) is 11. The quantitative estimate of drug-likeness (QED) is 0.274. The number of amides is 2. The lowest BCUT2D eigenvalue weighted by Crippen LogP contribution is -2.68. The summed E-state index contributed by atoms with van der Waals surface area (Å²) in [5.74, 6) is -2.72. The SMILES string of the molecule is COc1ccc(OC2OC(COC(C)=O)C(OC(C)=O)C(OC(C)=O)C2N2C(=O)c3ccccc3C2=O)cc1. The van der Waals surface area contributed by atoms with Gasteiger partial charge in [0.1, 0.15) is 30.3 Å². The minimum atomic E-state index is -1.44. The minimum Gasteiger partial charge on any atom is -0.497 e. The second-order valence-corrected chi connectivity index (χ2v) is 8.80.